The number of benzene rings is 4. The fraction of sp³-hybridized carbons (Fsp3) is 0.333. The molecule has 0 radical (unpaired) electrons. The molecule has 2 N–H and O–H groups in total. The maximum Gasteiger partial charge on any atom is 0.412 e. The Hall–Kier alpha value is -4.87. The fourth-order valence-electron chi connectivity index (χ4n) is 5.58. The zero-order valence-corrected chi connectivity index (χ0v) is 29.8. The average molecular weight is 702 g/mol. The Kier molecular flexibility index (Phi) is 14.2. The Morgan fingerprint density at radius 2 is 1.64 bits per heavy atom. The van der Waals surface area contributed by atoms with E-state index < -0.39 is 28.2 Å². The van der Waals surface area contributed by atoms with E-state index in [0.717, 1.165) is 70.8 Å². The smallest absolute Gasteiger partial charge is 0.412 e. The second kappa shape index (κ2) is 18.8. The highest BCUT2D eigenvalue weighted by Crippen LogP contribution is 2.33. The van der Waals surface area contributed by atoms with Crippen molar-refractivity contribution in [1.29, 1.82) is 0 Å². The monoisotopic (exact) mass is 701 g/mol. The van der Waals surface area contributed by atoms with Crippen LogP contribution in [-0.4, -0.2) is 59.6 Å². The molecule has 0 aliphatic rings. The first kappa shape index (κ1) is 37.9. The van der Waals surface area contributed by atoms with Gasteiger partial charge in [-0.15, -0.1) is 0 Å². The molecule has 266 valence electrons. The average Bonchev–Trinajstić information content (AvgIpc) is 3.10. The molecule has 0 saturated heterocycles. The van der Waals surface area contributed by atoms with Crippen LogP contribution in [0.2, 0.25) is 0 Å². The standard InChI is InChI=1S/C39H47N3O7S/c1-5-37(43)48-27-12-8-7-11-26-47-33-21-18-31(19-22-33)38(35-17-13-15-30-14-9-10-16-34(30)35)49-39(44)41-36-23-20-32(28-29(36)3)42(6-2)25-24-40-50(4,45)46/h5,9-10,13-23,28,38,40H,1,6-8,11-12,24-27H2,2-4H3,(H,41,44). The molecular formula is C39H47N3O7S. The normalized spacial score (nSPS) is 11.8. The molecule has 1 atom stereocenters. The molecule has 0 saturated carbocycles. The number of nitrogens with zero attached hydrogens (tertiary/aromatic N) is 1. The van der Waals surface area contributed by atoms with Crippen LogP contribution in [0.1, 0.15) is 55.4 Å². The Morgan fingerprint density at radius 3 is 2.34 bits per heavy atom. The van der Waals surface area contributed by atoms with Gasteiger partial charge in [0.05, 0.1) is 19.5 Å². The molecular weight excluding hydrogens is 655 g/mol. The lowest BCUT2D eigenvalue weighted by Crippen LogP contribution is -2.34. The molecule has 0 fully saturated rings. The molecule has 0 bridgehead atoms. The lowest BCUT2D eigenvalue weighted by Gasteiger charge is -2.24. The number of sulfonamides is 1. The molecule has 0 aliphatic carbocycles. The molecule has 0 heterocycles. The number of esters is 1. The van der Waals surface area contributed by atoms with E-state index >= 15 is 0 Å². The Labute approximate surface area is 295 Å². The minimum Gasteiger partial charge on any atom is -0.494 e. The van der Waals surface area contributed by atoms with Gasteiger partial charge >= 0.3 is 12.1 Å². The molecule has 1 unspecified atom stereocenters. The SMILES string of the molecule is C=CC(=O)OCCCCCCOc1ccc(C(OC(=O)Nc2ccc(N(CC)CCNS(C)(=O)=O)cc2C)c2cccc3ccccc23)cc1. The summed E-state index contributed by atoms with van der Waals surface area (Å²) in [4.78, 5) is 26.7. The Bertz CT molecular complexity index is 1840. The summed E-state index contributed by atoms with van der Waals surface area (Å²) in [6, 6.07) is 27.3. The van der Waals surface area contributed by atoms with E-state index in [1.807, 2.05) is 98.8 Å². The molecule has 4 aromatic carbocycles. The van der Waals surface area contributed by atoms with Crippen molar-refractivity contribution in [1.82, 2.24) is 4.72 Å². The number of hydrogen-bond donors (Lipinski definition) is 2. The van der Waals surface area contributed by atoms with Crippen molar-refractivity contribution in [2.75, 3.05) is 49.3 Å². The summed E-state index contributed by atoms with van der Waals surface area (Å²) < 4.78 is 42.6. The summed E-state index contributed by atoms with van der Waals surface area (Å²) in [6.07, 6.45) is 4.58. The van der Waals surface area contributed by atoms with Gasteiger partial charge in [0.25, 0.3) is 0 Å². The van der Waals surface area contributed by atoms with Crippen LogP contribution in [-0.2, 0) is 24.3 Å². The third-order valence-corrected chi connectivity index (χ3v) is 8.90. The van der Waals surface area contributed by atoms with Crippen molar-refractivity contribution >= 4 is 44.2 Å². The van der Waals surface area contributed by atoms with Crippen molar-refractivity contribution in [3.8, 4) is 5.75 Å². The highest BCUT2D eigenvalue weighted by Gasteiger charge is 2.22. The van der Waals surface area contributed by atoms with Gasteiger partial charge < -0.3 is 19.1 Å². The summed E-state index contributed by atoms with van der Waals surface area (Å²) >= 11 is 0. The second-order valence-corrected chi connectivity index (χ2v) is 13.8. The molecule has 4 aromatic rings. The van der Waals surface area contributed by atoms with Crippen molar-refractivity contribution in [3.05, 3.63) is 114 Å². The number of unbranched alkanes of at least 4 members (excludes halogenated alkanes) is 3. The molecule has 10 nitrogen and oxygen atoms in total. The van der Waals surface area contributed by atoms with Crippen LogP contribution in [0.25, 0.3) is 10.8 Å². The number of hydrogen-bond acceptors (Lipinski definition) is 8. The van der Waals surface area contributed by atoms with Crippen LogP contribution in [0.3, 0.4) is 0 Å². The van der Waals surface area contributed by atoms with Gasteiger partial charge in [0, 0.05) is 42.6 Å². The molecule has 50 heavy (non-hydrogen) atoms. The highest BCUT2D eigenvalue weighted by atomic mass is 32.2. The van der Waals surface area contributed by atoms with Gasteiger partial charge in [-0.25, -0.2) is 22.7 Å². The third kappa shape index (κ3) is 11.6. The Morgan fingerprint density at radius 1 is 0.920 bits per heavy atom. The number of rotatable bonds is 19. The van der Waals surface area contributed by atoms with Crippen LogP contribution >= 0.6 is 0 Å². The predicted molar refractivity (Wildman–Crippen MR) is 199 cm³/mol. The number of carbonyl (C=O) groups is 2. The van der Waals surface area contributed by atoms with Crippen LogP contribution in [0.5, 0.6) is 5.75 Å². The fourth-order valence-corrected chi connectivity index (χ4v) is 6.04. The number of carbonyl (C=O) groups excluding carboxylic acids is 2. The topological polar surface area (TPSA) is 123 Å². The maximum absolute atomic E-state index is 13.5. The molecule has 0 spiro atoms. The van der Waals surface area contributed by atoms with Gasteiger partial charge in [-0.2, -0.15) is 0 Å². The van der Waals surface area contributed by atoms with E-state index in [-0.39, 0.29) is 0 Å². The van der Waals surface area contributed by atoms with Gasteiger partial charge in [0.2, 0.25) is 10.0 Å². The summed E-state index contributed by atoms with van der Waals surface area (Å²) in [5.74, 6) is 0.324. The summed E-state index contributed by atoms with van der Waals surface area (Å²) in [6.45, 7) is 9.73. The van der Waals surface area contributed by atoms with Crippen molar-refractivity contribution < 1.29 is 32.2 Å². The Balaban J connectivity index is 1.43. The van der Waals surface area contributed by atoms with Crippen molar-refractivity contribution in [2.24, 2.45) is 0 Å². The zero-order valence-electron chi connectivity index (χ0n) is 29.0. The van der Waals surface area contributed by atoms with Crippen LogP contribution in [0.15, 0.2) is 97.6 Å². The van der Waals surface area contributed by atoms with Crippen LogP contribution in [0.4, 0.5) is 16.2 Å². The summed E-state index contributed by atoms with van der Waals surface area (Å²) in [7, 11) is -3.27. The first-order chi connectivity index (χ1) is 24.1. The minimum absolute atomic E-state index is 0.290. The van der Waals surface area contributed by atoms with E-state index in [4.69, 9.17) is 14.2 Å². The van der Waals surface area contributed by atoms with E-state index in [2.05, 4.69) is 21.5 Å². The van der Waals surface area contributed by atoms with Gasteiger partial charge in [-0.1, -0.05) is 61.2 Å². The van der Waals surface area contributed by atoms with Gasteiger partial charge in [0.1, 0.15) is 5.75 Å². The van der Waals surface area contributed by atoms with E-state index in [1.54, 1.807) is 0 Å². The minimum atomic E-state index is -3.27. The first-order valence-electron chi connectivity index (χ1n) is 16.9. The second-order valence-electron chi connectivity index (χ2n) is 11.9. The number of aryl methyl sites for hydroxylation is 1. The van der Waals surface area contributed by atoms with Crippen molar-refractivity contribution in [3.63, 3.8) is 0 Å². The number of nitrogens with one attached hydrogen (secondary N) is 2. The number of ether oxygens (including phenoxy) is 3. The zero-order chi connectivity index (χ0) is 35.9. The molecule has 0 aromatic heterocycles. The largest absolute Gasteiger partial charge is 0.494 e. The molecule has 1 amide bonds. The maximum atomic E-state index is 13.5. The number of anilines is 2. The lowest BCUT2D eigenvalue weighted by molar-refractivity contribution is -0.137. The number of likely N-dealkylation sites (N-methyl/N-ethyl adjacent to an activating group) is 1. The molecule has 0 aliphatic heterocycles. The number of fused-ring (bicyclic) bond motifs is 1. The predicted octanol–water partition coefficient (Wildman–Crippen LogP) is 7.53. The summed E-state index contributed by atoms with van der Waals surface area (Å²) in [5, 5.41) is 4.95. The third-order valence-electron chi connectivity index (χ3n) is 8.17. The molecule has 4 rings (SSSR count). The van der Waals surface area contributed by atoms with Crippen molar-refractivity contribution in [2.45, 2.75) is 45.6 Å². The van der Waals surface area contributed by atoms with Crippen LogP contribution < -0.4 is 19.7 Å². The lowest BCUT2D eigenvalue weighted by atomic mass is 9.95. The van der Waals surface area contributed by atoms with Crippen LogP contribution in [0, 0.1) is 6.92 Å². The quantitative estimate of drug-likeness (QED) is 0.0585. The van der Waals surface area contributed by atoms with E-state index in [9.17, 15) is 18.0 Å². The molecule has 11 heteroatoms. The van der Waals surface area contributed by atoms with E-state index in [1.165, 1.54) is 6.08 Å². The highest BCUT2D eigenvalue weighted by molar-refractivity contribution is 7.88. The number of amides is 1. The first-order valence-corrected chi connectivity index (χ1v) is 18.7. The van der Waals surface area contributed by atoms with Gasteiger partial charge in [0.15, 0.2) is 6.10 Å². The van der Waals surface area contributed by atoms with Gasteiger partial charge in [-0.05, 0) is 91.8 Å². The van der Waals surface area contributed by atoms with Gasteiger partial charge in [-0.3, -0.25) is 5.32 Å². The van der Waals surface area contributed by atoms with E-state index in [0.29, 0.717) is 38.5 Å². The summed E-state index contributed by atoms with van der Waals surface area (Å²) in [5.41, 5.74) is 4.03.